The van der Waals surface area contributed by atoms with Gasteiger partial charge in [-0.05, 0) is 37.0 Å². The first-order chi connectivity index (χ1) is 35.2. The van der Waals surface area contributed by atoms with Crippen molar-refractivity contribution < 1.29 is 28.6 Å². The van der Waals surface area contributed by atoms with Gasteiger partial charge in [0.2, 0.25) is 0 Å². The van der Waals surface area contributed by atoms with Gasteiger partial charge in [0.25, 0.3) is 0 Å². The number of unbranched alkanes of at least 4 members (excludes halogenated alkanes) is 39. The van der Waals surface area contributed by atoms with Crippen LogP contribution in [0.25, 0.3) is 0 Å². The minimum Gasteiger partial charge on any atom is -0.462 e. The first-order valence-electron chi connectivity index (χ1n) is 32.7. The normalized spacial score (nSPS) is 13.2. The molecule has 0 aromatic heterocycles. The monoisotopic (exact) mass is 1020 g/mol. The zero-order valence-corrected chi connectivity index (χ0v) is 49.7. The maximum absolute atomic E-state index is 12.9. The lowest BCUT2D eigenvalue weighted by atomic mass is 9.99. The Bertz CT molecular complexity index is 1120. The molecule has 0 saturated carbocycles. The molecule has 0 heterocycles. The van der Waals surface area contributed by atoms with Crippen molar-refractivity contribution in [2.75, 3.05) is 13.2 Å². The van der Waals surface area contributed by atoms with E-state index in [2.05, 4.69) is 41.5 Å². The zero-order valence-electron chi connectivity index (χ0n) is 49.7. The molecule has 72 heavy (non-hydrogen) atoms. The van der Waals surface area contributed by atoms with Crippen LogP contribution in [0.4, 0.5) is 0 Å². The average Bonchev–Trinajstić information content (AvgIpc) is 3.38. The Morgan fingerprint density at radius 1 is 0.264 bits per heavy atom. The van der Waals surface area contributed by atoms with E-state index in [1.165, 1.54) is 250 Å². The summed E-state index contributed by atoms with van der Waals surface area (Å²) in [6, 6.07) is 0. The summed E-state index contributed by atoms with van der Waals surface area (Å²) in [6.07, 6.45) is 62.3. The molecule has 428 valence electrons. The van der Waals surface area contributed by atoms with E-state index in [1.54, 1.807) is 0 Å². The third-order valence-corrected chi connectivity index (χ3v) is 16.2. The summed E-state index contributed by atoms with van der Waals surface area (Å²) in [5.74, 6) is 1.84. The largest absolute Gasteiger partial charge is 0.462 e. The molecule has 0 aromatic rings. The second-order valence-electron chi connectivity index (χ2n) is 23.5. The van der Waals surface area contributed by atoms with Crippen molar-refractivity contribution in [3.8, 4) is 0 Å². The van der Waals surface area contributed by atoms with E-state index >= 15 is 0 Å². The van der Waals surface area contributed by atoms with Gasteiger partial charge >= 0.3 is 17.9 Å². The number of carbonyl (C=O) groups excluding carboxylic acids is 3. The van der Waals surface area contributed by atoms with Crippen molar-refractivity contribution >= 4 is 17.9 Å². The van der Waals surface area contributed by atoms with E-state index in [0.717, 1.165) is 75.5 Å². The molecule has 0 rings (SSSR count). The topological polar surface area (TPSA) is 78.9 Å². The van der Waals surface area contributed by atoms with Crippen molar-refractivity contribution in [2.45, 2.75) is 375 Å². The maximum Gasteiger partial charge on any atom is 0.306 e. The Hall–Kier alpha value is -1.59. The van der Waals surface area contributed by atoms with E-state index in [0.29, 0.717) is 19.3 Å². The van der Waals surface area contributed by atoms with Crippen LogP contribution in [-0.2, 0) is 28.6 Å². The van der Waals surface area contributed by atoms with Crippen LogP contribution in [-0.4, -0.2) is 37.2 Å². The molecule has 0 radical (unpaired) electrons. The second kappa shape index (κ2) is 57.1. The Morgan fingerprint density at radius 3 is 0.653 bits per heavy atom. The number of hydrogen-bond donors (Lipinski definition) is 0. The lowest BCUT2D eigenvalue weighted by molar-refractivity contribution is -0.167. The highest BCUT2D eigenvalue weighted by Gasteiger charge is 2.20. The van der Waals surface area contributed by atoms with Crippen LogP contribution in [0.5, 0.6) is 0 Å². The Kier molecular flexibility index (Phi) is 55.9. The Morgan fingerprint density at radius 2 is 0.444 bits per heavy atom. The third kappa shape index (κ3) is 54.7. The molecule has 0 spiro atoms. The van der Waals surface area contributed by atoms with Crippen LogP contribution in [0.3, 0.4) is 0 Å². The number of carbonyl (C=O) groups is 3. The minimum atomic E-state index is -0.765. The Balaban J connectivity index is 4.27. The predicted molar refractivity (Wildman–Crippen MR) is 312 cm³/mol. The van der Waals surface area contributed by atoms with Crippen molar-refractivity contribution in [1.29, 1.82) is 0 Å². The van der Waals surface area contributed by atoms with E-state index in [-0.39, 0.29) is 31.1 Å². The molecule has 4 atom stereocenters. The molecule has 0 N–H and O–H groups in total. The summed E-state index contributed by atoms with van der Waals surface area (Å²) >= 11 is 0. The number of ether oxygens (including phenoxy) is 3. The molecule has 3 unspecified atom stereocenters. The van der Waals surface area contributed by atoms with Gasteiger partial charge in [0.1, 0.15) is 13.2 Å². The molecule has 6 heteroatoms. The summed E-state index contributed by atoms with van der Waals surface area (Å²) in [4.78, 5) is 38.3. The molecule has 0 bridgehead atoms. The highest BCUT2D eigenvalue weighted by molar-refractivity contribution is 5.71. The highest BCUT2D eigenvalue weighted by Crippen LogP contribution is 2.20. The van der Waals surface area contributed by atoms with Crippen LogP contribution in [0, 0.1) is 17.8 Å². The molecule has 6 nitrogen and oxygen atoms in total. The van der Waals surface area contributed by atoms with E-state index in [1.807, 2.05) is 0 Å². The minimum absolute atomic E-state index is 0.0627. The fraction of sp³-hybridized carbons (Fsp3) is 0.955. The fourth-order valence-electron chi connectivity index (χ4n) is 10.1. The second-order valence-corrected chi connectivity index (χ2v) is 23.5. The van der Waals surface area contributed by atoms with Crippen LogP contribution < -0.4 is 0 Å². The molecule has 0 amide bonds. The van der Waals surface area contributed by atoms with Gasteiger partial charge in [0.15, 0.2) is 6.10 Å². The molecular weight excluding hydrogens is 889 g/mol. The summed E-state index contributed by atoms with van der Waals surface area (Å²) in [6.45, 7) is 13.9. The smallest absolute Gasteiger partial charge is 0.306 e. The van der Waals surface area contributed by atoms with Gasteiger partial charge in [-0.2, -0.15) is 0 Å². The maximum atomic E-state index is 12.9. The molecule has 0 aliphatic rings. The summed E-state index contributed by atoms with van der Waals surface area (Å²) in [5, 5.41) is 0. The first-order valence-corrected chi connectivity index (χ1v) is 32.7. The quantitative estimate of drug-likeness (QED) is 0.0343. The van der Waals surface area contributed by atoms with Crippen molar-refractivity contribution in [1.82, 2.24) is 0 Å². The van der Waals surface area contributed by atoms with Gasteiger partial charge < -0.3 is 14.2 Å². The van der Waals surface area contributed by atoms with Gasteiger partial charge in [-0.15, -0.1) is 0 Å². The van der Waals surface area contributed by atoms with Crippen molar-refractivity contribution in [3.05, 3.63) is 0 Å². The molecule has 0 aliphatic heterocycles. The van der Waals surface area contributed by atoms with Crippen LogP contribution in [0.2, 0.25) is 0 Å². The standard InChI is InChI=1S/C66H128O6/c1-7-60(4)52-46-40-34-28-22-18-14-12-10-11-13-15-20-24-31-37-43-49-55-64(67)70-58-63(59-71-65(68)56-50-44-38-32-27-26-30-36-42-48-54-62(6)9-3)72-66(69)57-51-45-39-33-25-21-17-16-19-23-29-35-41-47-53-61(5)8-2/h60-63H,7-59H2,1-6H3/t60?,61?,62?,63-/m1/s1. The Labute approximate surface area is 450 Å². The molecule has 0 aliphatic carbocycles. The van der Waals surface area contributed by atoms with Gasteiger partial charge in [0, 0.05) is 19.3 Å². The molecule has 0 saturated heterocycles. The SMILES string of the molecule is CCC(C)CCCCCCCCCCCCCCCCCCCCC(=O)OC[C@H](COC(=O)CCCCCCCCCCCCC(C)CC)OC(=O)CCCCCCCCCCCCCCCCC(C)CC. The van der Waals surface area contributed by atoms with Crippen LogP contribution >= 0.6 is 0 Å². The van der Waals surface area contributed by atoms with Crippen LogP contribution in [0.15, 0.2) is 0 Å². The predicted octanol–water partition coefficient (Wildman–Crippen LogP) is 21.8. The van der Waals surface area contributed by atoms with Crippen molar-refractivity contribution in [3.63, 3.8) is 0 Å². The van der Waals surface area contributed by atoms with Gasteiger partial charge in [-0.3, -0.25) is 14.4 Å². The number of hydrogen-bond acceptors (Lipinski definition) is 6. The average molecular weight is 1020 g/mol. The lowest BCUT2D eigenvalue weighted by Crippen LogP contribution is -2.30. The van der Waals surface area contributed by atoms with Gasteiger partial charge in [0.05, 0.1) is 0 Å². The fourth-order valence-corrected chi connectivity index (χ4v) is 10.1. The highest BCUT2D eigenvalue weighted by atomic mass is 16.6. The summed E-state index contributed by atoms with van der Waals surface area (Å²) in [5.41, 5.74) is 0. The molecule has 0 fully saturated rings. The first kappa shape index (κ1) is 70.4. The number of rotatable bonds is 59. The van der Waals surface area contributed by atoms with E-state index in [4.69, 9.17) is 14.2 Å². The van der Waals surface area contributed by atoms with E-state index in [9.17, 15) is 14.4 Å². The summed E-state index contributed by atoms with van der Waals surface area (Å²) < 4.78 is 17.0. The number of esters is 3. The van der Waals surface area contributed by atoms with E-state index < -0.39 is 6.10 Å². The third-order valence-electron chi connectivity index (χ3n) is 16.2. The summed E-state index contributed by atoms with van der Waals surface area (Å²) in [7, 11) is 0. The molecule has 0 aromatic carbocycles. The van der Waals surface area contributed by atoms with Crippen molar-refractivity contribution in [2.24, 2.45) is 17.8 Å². The zero-order chi connectivity index (χ0) is 52.6. The van der Waals surface area contributed by atoms with Gasteiger partial charge in [-0.1, -0.05) is 330 Å². The van der Waals surface area contributed by atoms with Gasteiger partial charge in [-0.25, -0.2) is 0 Å². The van der Waals surface area contributed by atoms with Crippen LogP contribution in [0.1, 0.15) is 369 Å². The lowest BCUT2D eigenvalue weighted by Gasteiger charge is -2.18. The molecular formula is C66H128O6.